The maximum atomic E-state index is 13.6. The first-order chi connectivity index (χ1) is 8.49. The molecule has 0 spiro atoms. The molecular formula is C14H10ClFO2. The molecule has 2 aromatic rings. The van der Waals surface area contributed by atoms with Crippen LogP contribution < -0.4 is 0 Å². The average molecular weight is 265 g/mol. The quantitative estimate of drug-likeness (QED) is 0.885. The summed E-state index contributed by atoms with van der Waals surface area (Å²) >= 11 is 6.00. The van der Waals surface area contributed by atoms with Gasteiger partial charge in [0.25, 0.3) is 0 Å². The third kappa shape index (κ3) is 2.36. The molecule has 0 saturated heterocycles. The third-order valence-corrected chi connectivity index (χ3v) is 2.93. The fourth-order valence-electron chi connectivity index (χ4n) is 1.74. The van der Waals surface area contributed by atoms with Crippen LogP contribution in [0.3, 0.4) is 0 Å². The van der Waals surface area contributed by atoms with Gasteiger partial charge < -0.3 is 5.11 Å². The maximum Gasteiger partial charge on any atom is 0.338 e. The van der Waals surface area contributed by atoms with Crippen molar-refractivity contribution in [1.29, 1.82) is 0 Å². The normalized spacial score (nSPS) is 10.4. The van der Waals surface area contributed by atoms with E-state index in [1.165, 1.54) is 0 Å². The van der Waals surface area contributed by atoms with Crippen molar-refractivity contribution in [2.24, 2.45) is 0 Å². The number of hydrogen-bond acceptors (Lipinski definition) is 1. The molecule has 4 heteroatoms. The van der Waals surface area contributed by atoms with Gasteiger partial charge in [0.2, 0.25) is 0 Å². The Labute approximate surface area is 109 Å². The zero-order chi connectivity index (χ0) is 13.3. The van der Waals surface area contributed by atoms with E-state index in [1.54, 1.807) is 6.07 Å². The van der Waals surface area contributed by atoms with E-state index in [2.05, 4.69) is 0 Å². The zero-order valence-corrected chi connectivity index (χ0v) is 10.3. The summed E-state index contributed by atoms with van der Waals surface area (Å²) in [4.78, 5) is 10.8. The first kappa shape index (κ1) is 12.6. The highest BCUT2D eigenvalue weighted by molar-refractivity contribution is 6.33. The fourth-order valence-corrected chi connectivity index (χ4v) is 2.02. The first-order valence-corrected chi connectivity index (χ1v) is 5.66. The number of carboxylic acids is 1. The lowest BCUT2D eigenvalue weighted by atomic mass is 10.0. The molecular weight excluding hydrogens is 255 g/mol. The Balaban J connectivity index is 2.60. The molecule has 0 amide bonds. The molecule has 0 atom stereocenters. The fraction of sp³-hybridized carbons (Fsp3) is 0.0714. The lowest BCUT2D eigenvalue weighted by Gasteiger charge is -2.07. The Morgan fingerprint density at radius 3 is 2.61 bits per heavy atom. The van der Waals surface area contributed by atoms with Gasteiger partial charge in [0.15, 0.2) is 0 Å². The molecule has 2 aromatic carbocycles. The lowest BCUT2D eigenvalue weighted by Crippen LogP contribution is -2.01. The summed E-state index contributed by atoms with van der Waals surface area (Å²) in [6, 6.07) is 9.70. The summed E-state index contributed by atoms with van der Waals surface area (Å²) in [5.74, 6) is -2.12. The summed E-state index contributed by atoms with van der Waals surface area (Å²) in [6.07, 6.45) is 0. The molecule has 0 aliphatic carbocycles. The minimum Gasteiger partial charge on any atom is -0.478 e. The molecule has 0 unspecified atom stereocenters. The third-order valence-electron chi connectivity index (χ3n) is 2.62. The molecule has 0 bridgehead atoms. The molecule has 0 fully saturated rings. The summed E-state index contributed by atoms with van der Waals surface area (Å²) in [5, 5.41) is 9.02. The van der Waals surface area contributed by atoms with Gasteiger partial charge in [0.1, 0.15) is 5.82 Å². The minimum atomic E-state index is -1.33. The van der Waals surface area contributed by atoms with Crippen molar-refractivity contribution in [2.75, 3.05) is 0 Å². The summed E-state index contributed by atoms with van der Waals surface area (Å²) in [5.41, 5.74) is 1.85. The smallest absolute Gasteiger partial charge is 0.338 e. The van der Waals surface area contributed by atoms with Gasteiger partial charge in [0, 0.05) is 10.6 Å². The van der Waals surface area contributed by atoms with Crippen LogP contribution in [0.5, 0.6) is 0 Å². The second-order valence-electron chi connectivity index (χ2n) is 3.99. The molecule has 18 heavy (non-hydrogen) atoms. The Morgan fingerprint density at radius 1 is 1.28 bits per heavy atom. The van der Waals surface area contributed by atoms with Crippen molar-refractivity contribution in [3.8, 4) is 11.1 Å². The number of carboxylic acid groups (broad SMARTS) is 1. The molecule has 92 valence electrons. The van der Waals surface area contributed by atoms with E-state index in [1.807, 2.05) is 25.1 Å². The van der Waals surface area contributed by atoms with E-state index < -0.39 is 17.3 Å². The molecule has 0 radical (unpaired) electrons. The number of aryl methyl sites for hydroxylation is 1. The average Bonchev–Trinajstić information content (AvgIpc) is 2.31. The van der Waals surface area contributed by atoms with Crippen molar-refractivity contribution < 1.29 is 14.3 Å². The van der Waals surface area contributed by atoms with Crippen LogP contribution in [-0.4, -0.2) is 11.1 Å². The van der Waals surface area contributed by atoms with Crippen LogP contribution in [0.1, 0.15) is 15.9 Å². The van der Waals surface area contributed by atoms with Crippen LogP contribution in [0.15, 0.2) is 36.4 Å². The standard InChI is InChI=1S/C14H10ClFO2/c1-8-3-2-4-9(5-8)10-7-13(16)11(14(17)18)6-12(10)15/h2-7H,1H3,(H,17,18). The van der Waals surface area contributed by atoms with Crippen LogP contribution in [0, 0.1) is 12.7 Å². The van der Waals surface area contributed by atoms with Crippen LogP contribution in [0.4, 0.5) is 4.39 Å². The molecule has 1 N–H and O–H groups in total. The van der Waals surface area contributed by atoms with Gasteiger partial charge in [-0.25, -0.2) is 9.18 Å². The predicted molar refractivity (Wildman–Crippen MR) is 68.5 cm³/mol. The van der Waals surface area contributed by atoms with Crippen molar-refractivity contribution >= 4 is 17.6 Å². The number of hydrogen-bond donors (Lipinski definition) is 1. The monoisotopic (exact) mass is 264 g/mol. The van der Waals surface area contributed by atoms with Gasteiger partial charge in [0.05, 0.1) is 5.56 Å². The first-order valence-electron chi connectivity index (χ1n) is 5.28. The number of benzene rings is 2. The zero-order valence-electron chi connectivity index (χ0n) is 9.58. The van der Waals surface area contributed by atoms with E-state index in [-0.39, 0.29) is 5.02 Å². The predicted octanol–water partition coefficient (Wildman–Crippen LogP) is 4.15. The second kappa shape index (κ2) is 4.78. The van der Waals surface area contributed by atoms with Crippen molar-refractivity contribution in [3.63, 3.8) is 0 Å². The number of aromatic carboxylic acids is 1. The number of carbonyl (C=O) groups is 1. The second-order valence-corrected chi connectivity index (χ2v) is 4.39. The van der Waals surface area contributed by atoms with Gasteiger partial charge in [-0.2, -0.15) is 0 Å². The van der Waals surface area contributed by atoms with Gasteiger partial charge >= 0.3 is 5.97 Å². The Bertz CT molecular complexity index is 623. The van der Waals surface area contributed by atoms with E-state index in [4.69, 9.17) is 16.7 Å². The van der Waals surface area contributed by atoms with Crippen molar-refractivity contribution in [3.05, 3.63) is 58.4 Å². The van der Waals surface area contributed by atoms with E-state index in [0.717, 1.165) is 23.3 Å². The van der Waals surface area contributed by atoms with E-state index in [0.29, 0.717) is 5.56 Å². The molecule has 2 rings (SSSR count). The van der Waals surface area contributed by atoms with Crippen molar-refractivity contribution in [1.82, 2.24) is 0 Å². The molecule has 0 aliphatic rings. The topological polar surface area (TPSA) is 37.3 Å². The molecule has 0 saturated carbocycles. The van der Waals surface area contributed by atoms with Gasteiger partial charge in [-0.15, -0.1) is 0 Å². The molecule has 0 heterocycles. The van der Waals surface area contributed by atoms with Gasteiger partial charge in [-0.05, 0) is 24.6 Å². The number of rotatable bonds is 2. The van der Waals surface area contributed by atoms with Gasteiger partial charge in [-0.1, -0.05) is 41.4 Å². The lowest BCUT2D eigenvalue weighted by molar-refractivity contribution is 0.0692. The maximum absolute atomic E-state index is 13.6. The van der Waals surface area contributed by atoms with Gasteiger partial charge in [-0.3, -0.25) is 0 Å². The number of halogens is 2. The van der Waals surface area contributed by atoms with Crippen LogP contribution >= 0.6 is 11.6 Å². The van der Waals surface area contributed by atoms with E-state index in [9.17, 15) is 9.18 Å². The summed E-state index contributed by atoms with van der Waals surface area (Å²) < 4.78 is 13.6. The van der Waals surface area contributed by atoms with Crippen LogP contribution in [0.2, 0.25) is 5.02 Å². The van der Waals surface area contributed by atoms with E-state index >= 15 is 0 Å². The summed E-state index contributed by atoms with van der Waals surface area (Å²) in [7, 11) is 0. The Morgan fingerprint density at radius 2 is 2.00 bits per heavy atom. The van der Waals surface area contributed by atoms with Crippen molar-refractivity contribution in [2.45, 2.75) is 6.92 Å². The summed E-state index contributed by atoms with van der Waals surface area (Å²) in [6.45, 7) is 1.92. The Hall–Kier alpha value is -1.87. The van der Waals surface area contributed by atoms with Crippen LogP contribution in [0.25, 0.3) is 11.1 Å². The molecule has 2 nitrogen and oxygen atoms in total. The largest absolute Gasteiger partial charge is 0.478 e. The molecule has 0 aliphatic heterocycles. The highest BCUT2D eigenvalue weighted by Gasteiger charge is 2.15. The highest BCUT2D eigenvalue weighted by atomic mass is 35.5. The molecule has 0 aromatic heterocycles. The van der Waals surface area contributed by atoms with Crippen LogP contribution in [-0.2, 0) is 0 Å². The minimum absolute atomic E-state index is 0.222. The SMILES string of the molecule is Cc1cccc(-c2cc(F)c(C(=O)O)cc2Cl)c1. The Kier molecular flexibility index (Phi) is 3.34. The highest BCUT2D eigenvalue weighted by Crippen LogP contribution is 2.30.